The van der Waals surface area contributed by atoms with E-state index in [0.717, 1.165) is 17.1 Å². The summed E-state index contributed by atoms with van der Waals surface area (Å²) in [7, 11) is 0. The number of hydrogen-bond acceptors (Lipinski definition) is 3. The second-order valence-corrected chi connectivity index (χ2v) is 3.47. The molecule has 0 aliphatic heterocycles. The van der Waals surface area contributed by atoms with Crippen molar-refractivity contribution in [2.24, 2.45) is 0 Å². The van der Waals surface area contributed by atoms with E-state index in [1.54, 1.807) is 6.07 Å². The third kappa shape index (κ3) is 2.21. The number of rotatable bonds is 4. The van der Waals surface area contributed by atoms with Crippen LogP contribution >= 0.6 is 0 Å². The molecule has 2 aromatic rings. The van der Waals surface area contributed by atoms with E-state index < -0.39 is 6.09 Å². The van der Waals surface area contributed by atoms with E-state index in [1.165, 1.54) is 11.0 Å². The van der Waals surface area contributed by atoms with E-state index in [0.29, 0.717) is 12.1 Å². The molecule has 1 heterocycles. The molecule has 0 saturated heterocycles. The fourth-order valence-corrected chi connectivity index (χ4v) is 1.48. The molecule has 1 amide bonds. The van der Waals surface area contributed by atoms with Gasteiger partial charge in [0.1, 0.15) is 6.33 Å². The quantitative estimate of drug-likeness (QED) is 0.823. The smallest absolute Gasteiger partial charge is 0.452 e. The number of para-hydroxylation sites is 2. The van der Waals surface area contributed by atoms with Crippen LogP contribution in [0.5, 0.6) is 0 Å². The Morgan fingerprint density at radius 2 is 2.29 bits per heavy atom. The van der Waals surface area contributed by atoms with Gasteiger partial charge in [0.15, 0.2) is 0 Å². The van der Waals surface area contributed by atoms with Gasteiger partial charge in [0.05, 0.1) is 17.6 Å². The molecule has 0 fully saturated rings. The van der Waals surface area contributed by atoms with Crippen molar-refractivity contribution in [3.8, 4) is 0 Å². The molecular formula is C11H13N3O3. The summed E-state index contributed by atoms with van der Waals surface area (Å²) in [6.07, 6.45) is 0.979. The molecule has 0 aliphatic rings. The van der Waals surface area contributed by atoms with Crippen molar-refractivity contribution in [3.63, 3.8) is 0 Å². The second-order valence-electron chi connectivity index (χ2n) is 3.47. The van der Waals surface area contributed by atoms with Crippen LogP contribution in [-0.4, -0.2) is 27.5 Å². The molecule has 1 aromatic carbocycles. The van der Waals surface area contributed by atoms with E-state index in [2.05, 4.69) is 4.98 Å². The summed E-state index contributed by atoms with van der Waals surface area (Å²) in [5, 5.41) is 9.87. The van der Waals surface area contributed by atoms with Crippen molar-refractivity contribution < 1.29 is 14.7 Å². The fourth-order valence-electron chi connectivity index (χ4n) is 1.48. The maximum absolute atomic E-state index is 11.1. The van der Waals surface area contributed by atoms with Crippen LogP contribution in [0.1, 0.15) is 13.3 Å². The minimum atomic E-state index is -1.18. The zero-order valence-electron chi connectivity index (χ0n) is 9.41. The Labute approximate surface area is 98.0 Å². The summed E-state index contributed by atoms with van der Waals surface area (Å²) >= 11 is 0. The van der Waals surface area contributed by atoms with E-state index in [-0.39, 0.29) is 0 Å². The van der Waals surface area contributed by atoms with E-state index in [9.17, 15) is 4.79 Å². The number of carbonyl (C=O) groups is 1. The number of fused-ring (bicyclic) bond motifs is 1. The Balaban J connectivity index is 2.38. The molecule has 90 valence electrons. The first-order chi connectivity index (χ1) is 8.24. The van der Waals surface area contributed by atoms with Gasteiger partial charge >= 0.3 is 6.09 Å². The van der Waals surface area contributed by atoms with Gasteiger partial charge < -0.3 is 5.11 Å². The number of hydrogen-bond donors (Lipinski definition) is 1. The van der Waals surface area contributed by atoms with Crippen LogP contribution in [0.25, 0.3) is 11.0 Å². The normalized spacial score (nSPS) is 10.6. The van der Waals surface area contributed by atoms with Crippen LogP contribution in [-0.2, 0) is 4.84 Å². The van der Waals surface area contributed by atoms with Crippen LogP contribution in [0.4, 0.5) is 4.79 Å². The molecule has 2 rings (SSSR count). The summed E-state index contributed by atoms with van der Waals surface area (Å²) in [4.78, 5) is 20.4. The van der Waals surface area contributed by atoms with Crippen LogP contribution < -0.4 is 5.17 Å². The predicted molar refractivity (Wildman–Crippen MR) is 62.2 cm³/mol. The molecule has 0 atom stereocenters. The number of amides is 1. The van der Waals surface area contributed by atoms with Gasteiger partial charge in [-0.2, -0.15) is 0 Å². The maximum Gasteiger partial charge on any atom is 0.452 e. The molecule has 0 bridgehead atoms. The lowest BCUT2D eigenvalue weighted by molar-refractivity contribution is 0.0554. The SMILES string of the molecule is CCCON(C(=O)O)n1cnc2ccccc21. The molecule has 0 saturated carbocycles. The molecule has 1 aromatic heterocycles. The van der Waals surface area contributed by atoms with E-state index in [4.69, 9.17) is 9.94 Å². The average Bonchev–Trinajstić information content (AvgIpc) is 2.73. The van der Waals surface area contributed by atoms with Gasteiger partial charge in [0, 0.05) is 0 Å². The van der Waals surface area contributed by atoms with Gasteiger partial charge in [-0.1, -0.05) is 24.2 Å². The number of nitrogens with zero attached hydrogens (tertiary/aromatic N) is 3. The first kappa shape index (κ1) is 11.4. The van der Waals surface area contributed by atoms with E-state index in [1.807, 2.05) is 25.1 Å². The molecule has 0 aliphatic carbocycles. The molecule has 1 N–H and O–H groups in total. The highest BCUT2D eigenvalue weighted by Crippen LogP contribution is 2.12. The highest BCUT2D eigenvalue weighted by Gasteiger charge is 2.17. The Kier molecular flexibility index (Phi) is 3.24. The van der Waals surface area contributed by atoms with Crippen LogP contribution in [0, 0.1) is 0 Å². The topological polar surface area (TPSA) is 67.6 Å². The summed E-state index contributed by atoms with van der Waals surface area (Å²) in [5.41, 5.74) is 1.41. The molecule has 6 nitrogen and oxygen atoms in total. The van der Waals surface area contributed by atoms with Crippen molar-refractivity contribution in [1.29, 1.82) is 0 Å². The number of hydroxylamine groups is 1. The van der Waals surface area contributed by atoms with Crippen LogP contribution in [0.15, 0.2) is 30.6 Å². The Morgan fingerprint density at radius 1 is 1.53 bits per heavy atom. The number of benzene rings is 1. The lowest BCUT2D eigenvalue weighted by Crippen LogP contribution is -2.39. The maximum atomic E-state index is 11.1. The van der Waals surface area contributed by atoms with Crippen molar-refractivity contribution in [1.82, 2.24) is 9.66 Å². The van der Waals surface area contributed by atoms with Gasteiger partial charge in [-0.05, 0) is 18.6 Å². The van der Waals surface area contributed by atoms with Gasteiger partial charge in [-0.25, -0.2) is 19.3 Å². The highest BCUT2D eigenvalue weighted by molar-refractivity contribution is 5.80. The van der Waals surface area contributed by atoms with Gasteiger partial charge in [0.25, 0.3) is 0 Å². The molecular weight excluding hydrogens is 222 g/mol. The standard InChI is InChI=1S/C11H13N3O3/c1-2-7-17-14(11(15)16)13-8-12-9-5-3-4-6-10(9)13/h3-6,8H,2,7H2,1H3,(H,15,16). The number of imidazole rings is 1. The summed E-state index contributed by atoms with van der Waals surface area (Å²) in [6.45, 7) is 2.24. The monoisotopic (exact) mass is 235 g/mol. The van der Waals surface area contributed by atoms with Gasteiger partial charge in [-0.3, -0.25) is 0 Å². The summed E-state index contributed by atoms with van der Waals surface area (Å²) < 4.78 is 1.37. The highest BCUT2D eigenvalue weighted by atomic mass is 16.7. The first-order valence-corrected chi connectivity index (χ1v) is 5.32. The lowest BCUT2D eigenvalue weighted by Gasteiger charge is -2.18. The average molecular weight is 235 g/mol. The summed E-state index contributed by atoms with van der Waals surface area (Å²) in [5.74, 6) is 0. The minimum absolute atomic E-state index is 0.332. The van der Waals surface area contributed by atoms with Crippen molar-refractivity contribution in [2.75, 3.05) is 11.8 Å². The number of aromatic nitrogens is 2. The summed E-state index contributed by atoms with van der Waals surface area (Å²) in [6, 6.07) is 7.26. The fraction of sp³-hybridized carbons (Fsp3) is 0.273. The molecule has 0 spiro atoms. The largest absolute Gasteiger partial charge is 0.462 e. The van der Waals surface area contributed by atoms with Crippen LogP contribution in [0.2, 0.25) is 0 Å². The lowest BCUT2D eigenvalue weighted by atomic mass is 10.3. The minimum Gasteiger partial charge on any atom is -0.462 e. The van der Waals surface area contributed by atoms with Crippen molar-refractivity contribution >= 4 is 17.1 Å². The predicted octanol–water partition coefficient (Wildman–Crippen LogP) is 1.99. The Bertz CT molecular complexity index is 523. The molecule has 6 heteroatoms. The van der Waals surface area contributed by atoms with Crippen molar-refractivity contribution in [2.45, 2.75) is 13.3 Å². The number of carboxylic acid groups (broad SMARTS) is 1. The van der Waals surface area contributed by atoms with E-state index >= 15 is 0 Å². The zero-order valence-corrected chi connectivity index (χ0v) is 9.41. The van der Waals surface area contributed by atoms with Gasteiger partial charge in [0.2, 0.25) is 0 Å². The molecule has 17 heavy (non-hydrogen) atoms. The molecule has 0 unspecified atom stereocenters. The van der Waals surface area contributed by atoms with Crippen molar-refractivity contribution in [3.05, 3.63) is 30.6 Å². The van der Waals surface area contributed by atoms with Gasteiger partial charge in [-0.15, -0.1) is 0 Å². The first-order valence-electron chi connectivity index (χ1n) is 5.32. The third-order valence-electron chi connectivity index (χ3n) is 2.21. The Hall–Kier alpha value is -2.08. The third-order valence-corrected chi connectivity index (χ3v) is 2.21. The molecule has 0 radical (unpaired) electrons. The van der Waals surface area contributed by atoms with Crippen LogP contribution in [0.3, 0.4) is 0 Å². The second kappa shape index (κ2) is 4.84. The Morgan fingerprint density at radius 3 is 3.00 bits per heavy atom. The zero-order chi connectivity index (χ0) is 12.3.